The zero-order valence-electron chi connectivity index (χ0n) is 23.8. The summed E-state index contributed by atoms with van der Waals surface area (Å²) in [6, 6.07) is 18.2. The van der Waals surface area contributed by atoms with Gasteiger partial charge in [-0.2, -0.15) is 16.9 Å². The average molecular weight is 589 g/mol. The number of nitrogens with zero attached hydrogens (tertiary/aromatic N) is 2. The van der Waals surface area contributed by atoms with E-state index in [0.29, 0.717) is 48.0 Å². The molecule has 42 heavy (non-hydrogen) atoms. The number of hydrogen-bond donors (Lipinski definition) is 4. The number of thioether (sulfide) groups is 1. The summed E-state index contributed by atoms with van der Waals surface area (Å²) in [6.45, 7) is 5.13. The second-order valence-electron chi connectivity index (χ2n) is 10.3. The fourth-order valence-electron chi connectivity index (χ4n) is 4.76. The van der Waals surface area contributed by atoms with Crippen molar-refractivity contribution in [3.63, 3.8) is 0 Å². The number of carbonyl (C=O) groups is 3. The smallest absolute Gasteiger partial charge is 0.308 e. The van der Waals surface area contributed by atoms with Gasteiger partial charge in [0.25, 0.3) is 11.8 Å². The largest absolute Gasteiger partial charge is 0.481 e. The van der Waals surface area contributed by atoms with E-state index in [0.717, 1.165) is 28.7 Å². The number of carboxylic acid groups (broad SMARTS) is 1. The molecule has 0 aromatic heterocycles. The van der Waals surface area contributed by atoms with Crippen LogP contribution in [0.15, 0.2) is 65.8 Å². The molecule has 0 aliphatic carbocycles. The first-order chi connectivity index (χ1) is 20.2. The molecule has 1 saturated heterocycles. The molecular formula is C32H36N4O5S. The van der Waals surface area contributed by atoms with Crippen molar-refractivity contribution in [2.24, 2.45) is 11.0 Å². The first-order valence-electron chi connectivity index (χ1n) is 13.9. The second-order valence-corrected chi connectivity index (χ2v) is 11.4. The molecule has 3 aromatic rings. The Morgan fingerprint density at radius 2 is 1.88 bits per heavy atom. The molecule has 1 unspecified atom stereocenters. The van der Waals surface area contributed by atoms with Gasteiger partial charge in [-0.3, -0.25) is 14.4 Å². The Hall–Kier alpha value is -4.15. The molecule has 0 bridgehead atoms. The number of aliphatic hydroxyl groups is 1. The van der Waals surface area contributed by atoms with Crippen molar-refractivity contribution in [2.45, 2.75) is 32.4 Å². The molecule has 1 aliphatic heterocycles. The van der Waals surface area contributed by atoms with E-state index >= 15 is 0 Å². The SMILES string of the molecule is Cc1ccc(C=NNC(=O)c2cc(N3CCCC(C(=O)O)C3)ccc2NC(=O)c2cccc(CSCCO)c2)cc1C. The normalized spacial score (nSPS) is 15.0. The summed E-state index contributed by atoms with van der Waals surface area (Å²) in [4.78, 5) is 40.2. The van der Waals surface area contributed by atoms with Gasteiger partial charge in [-0.25, -0.2) is 5.43 Å². The average Bonchev–Trinajstić information content (AvgIpc) is 2.99. The minimum absolute atomic E-state index is 0.0920. The van der Waals surface area contributed by atoms with Gasteiger partial charge < -0.3 is 20.4 Å². The molecule has 0 spiro atoms. The summed E-state index contributed by atoms with van der Waals surface area (Å²) < 4.78 is 0. The molecule has 1 heterocycles. The van der Waals surface area contributed by atoms with Gasteiger partial charge >= 0.3 is 5.97 Å². The number of carboxylic acids is 1. The van der Waals surface area contributed by atoms with Gasteiger partial charge in [-0.05, 0) is 79.3 Å². The molecule has 4 rings (SSSR count). The highest BCUT2D eigenvalue weighted by Crippen LogP contribution is 2.28. The van der Waals surface area contributed by atoms with Crippen LogP contribution in [0, 0.1) is 19.8 Å². The number of benzene rings is 3. The number of rotatable bonds is 11. The van der Waals surface area contributed by atoms with E-state index in [1.807, 2.05) is 43.0 Å². The summed E-state index contributed by atoms with van der Waals surface area (Å²) in [6.07, 6.45) is 2.90. The fourth-order valence-corrected chi connectivity index (χ4v) is 5.45. The molecule has 1 fully saturated rings. The Labute approximate surface area is 250 Å². The number of hydrogen-bond acceptors (Lipinski definition) is 7. The van der Waals surface area contributed by atoms with Crippen molar-refractivity contribution in [3.8, 4) is 0 Å². The van der Waals surface area contributed by atoms with Gasteiger partial charge in [-0.1, -0.05) is 30.3 Å². The third-order valence-corrected chi connectivity index (χ3v) is 8.24. The van der Waals surface area contributed by atoms with Gasteiger partial charge in [0, 0.05) is 35.8 Å². The van der Waals surface area contributed by atoms with Crippen molar-refractivity contribution < 1.29 is 24.6 Å². The minimum Gasteiger partial charge on any atom is -0.481 e. The van der Waals surface area contributed by atoms with Crippen LogP contribution in [0.5, 0.6) is 0 Å². The number of anilines is 2. The number of carbonyl (C=O) groups excluding carboxylic acids is 2. The first-order valence-corrected chi connectivity index (χ1v) is 15.0. The predicted molar refractivity (Wildman–Crippen MR) is 168 cm³/mol. The molecule has 10 heteroatoms. The molecule has 220 valence electrons. The Morgan fingerprint density at radius 3 is 2.64 bits per heavy atom. The van der Waals surface area contributed by atoms with Crippen LogP contribution >= 0.6 is 11.8 Å². The van der Waals surface area contributed by atoms with E-state index in [9.17, 15) is 19.5 Å². The molecule has 3 aromatic carbocycles. The van der Waals surface area contributed by atoms with Crippen molar-refractivity contribution in [1.82, 2.24) is 5.43 Å². The van der Waals surface area contributed by atoms with Gasteiger partial charge in [0.05, 0.1) is 30.0 Å². The van der Waals surface area contributed by atoms with Crippen molar-refractivity contribution >= 4 is 47.1 Å². The molecule has 1 aliphatic rings. The summed E-state index contributed by atoms with van der Waals surface area (Å²) in [7, 11) is 0. The van der Waals surface area contributed by atoms with Crippen LogP contribution in [0.1, 0.15) is 55.8 Å². The summed E-state index contributed by atoms with van der Waals surface area (Å²) in [5.74, 6) is -0.922. The maximum absolute atomic E-state index is 13.4. The van der Waals surface area contributed by atoms with Crippen LogP contribution in [0.25, 0.3) is 0 Å². The Balaban J connectivity index is 1.58. The van der Waals surface area contributed by atoms with E-state index in [-0.39, 0.29) is 18.1 Å². The van der Waals surface area contributed by atoms with Gasteiger partial charge in [-0.15, -0.1) is 0 Å². The Kier molecular flexibility index (Phi) is 10.7. The summed E-state index contributed by atoms with van der Waals surface area (Å²) in [5.41, 5.74) is 8.31. The molecule has 0 radical (unpaired) electrons. The lowest BCUT2D eigenvalue weighted by Crippen LogP contribution is -2.38. The lowest BCUT2D eigenvalue weighted by molar-refractivity contribution is -0.141. The van der Waals surface area contributed by atoms with Crippen LogP contribution < -0.4 is 15.6 Å². The maximum Gasteiger partial charge on any atom is 0.308 e. The topological polar surface area (TPSA) is 131 Å². The van der Waals surface area contributed by atoms with Gasteiger partial charge in [0.2, 0.25) is 0 Å². The monoisotopic (exact) mass is 588 g/mol. The summed E-state index contributed by atoms with van der Waals surface area (Å²) in [5, 5.41) is 25.6. The van der Waals surface area contributed by atoms with Crippen LogP contribution in [0.3, 0.4) is 0 Å². The van der Waals surface area contributed by atoms with E-state index in [1.165, 1.54) is 0 Å². The van der Waals surface area contributed by atoms with E-state index in [1.54, 1.807) is 54.4 Å². The maximum atomic E-state index is 13.4. The summed E-state index contributed by atoms with van der Waals surface area (Å²) >= 11 is 1.57. The van der Waals surface area contributed by atoms with Crippen molar-refractivity contribution in [1.29, 1.82) is 0 Å². The number of aryl methyl sites for hydroxylation is 2. The van der Waals surface area contributed by atoms with E-state index in [2.05, 4.69) is 15.8 Å². The third kappa shape index (κ3) is 8.20. The molecule has 2 amide bonds. The number of aliphatic hydroxyl groups excluding tert-OH is 1. The molecule has 0 saturated carbocycles. The van der Waals surface area contributed by atoms with E-state index in [4.69, 9.17) is 5.11 Å². The Morgan fingerprint density at radius 1 is 1.05 bits per heavy atom. The van der Waals surface area contributed by atoms with Gasteiger partial charge in [0.15, 0.2) is 0 Å². The van der Waals surface area contributed by atoms with Crippen LogP contribution in [-0.4, -0.2) is 59.7 Å². The van der Waals surface area contributed by atoms with Crippen LogP contribution in [0.4, 0.5) is 11.4 Å². The van der Waals surface area contributed by atoms with Crippen molar-refractivity contribution in [3.05, 3.63) is 94.0 Å². The lowest BCUT2D eigenvalue weighted by Gasteiger charge is -2.33. The molecule has 1 atom stereocenters. The molecular weight excluding hydrogens is 552 g/mol. The predicted octanol–water partition coefficient (Wildman–Crippen LogP) is 4.85. The minimum atomic E-state index is -0.834. The number of hydrazone groups is 1. The fraction of sp³-hybridized carbons (Fsp3) is 0.312. The first kappa shape index (κ1) is 30.8. The zero-order valence-corrected chi connectivity index (χ0v) is 24.6. The lowest BCUT2D eigenvalue weighted by atomic mass is 9.97. The van der Waals surface area contributed by atoms with Crippen LogP contribution in [-0.2, 0) is 10.5 Å². The third-order valence-electron chi connectivity index (χ3n) is 7.24. The molecule has 9 nitrogen and oxygen atoms in total. The highest BCUT2D eigenvalue weighted by molar-refractivity contribution is 7.98. The number of piperidine rings is 1. The van der Waals surface area contributed by atoms with E-state index < -0.39 is 17.8 Å². The Bertz CT molecular complexity index is 1480. The van der Waals surface area contributed by atoms with Crippen LogP contribution in [0.2, 0.25) is 0 Å². The second kappa shape index (κ2) is 14.7. The highest BCUT2D eigenvalue weighted by Gasteiger charge is 2.26. The quantitative estimate of drug-likeness (QED) is 0.143. The number of nitrogens with one attached hydrogen (secondary N) is 2. The highest BCUT2D eigenvalue weighted by atomic mass is 32.2. The number of amides is 2. The van der Waals surface area contributed by atoms with Crippen molar-refractivity contribution in [2.75, 3.05) is 35.7 Å². The number of aliphatic carboxylic acids is 1. The van der Waals surface area contributed by atoms with Gasteiger partial charge in [0.1, 0.15) is 0 Å². The molecule has 4 N–H and O–H groups in total. The zero-order chi connectivity index (χ0) is 30.1. The standard InChI is InChI=1S/C32H36N4O5S/c1-21-8-9-23(15-22(21)2)18-33-35-31(39)28-17-27(36-12-4-7-26(19-36)32(40)41)10-11-29(28)34-30(38)25-6-3-5-24(16-25)20-42-14-13-37/h3,5-6,8-11,15-18,26,37H,4,7,12-14,19-20H2,1-2H3,(H,34,38)(H,35,39)(H,40,41).